The van der Waals surface area contributed by atoms with Crippen LogP contribution in [-0.2, 0) is 23.6 Å². The number of nitrogens with zero attached hydrogens (tertiary/aromatic N) is 2. The summed E-state index contributed by atoms with van der Waals surface area (Å²) in [5, 5.41) is 13.2. The van der Waals surface area contributed by atoms with Crippen LogP contribution in [0.15, 0.2) is 24.3 Å². The first-order valence-electron chi connectivity index (χ1n) is 8.95. The summed E-state index contributed by atoms with van der Waals surface area (Å²) in [6.45, 7) is 1.31. The number of nitrogens with one attached hydrogen (secondary N) is 3. The van der Waals surface area contributed by atoms with Gasteiger partial charge < -0.3 is 19.9 Å². The molecule has 2 heterocycles. The summed E-state index contributed by atoms with van der Waals surface area (Å²) in [6, 6.07) is 2.19. The van der Waals surface area contributed by atoms with Crippen LogP contribution in [-0.4, -0.2) is 38.1 Å². The quantitative estimate of drug-likeness (QED) is 0.458. The molecule has 0 saturated carbocycles. The molecule has 0 bridgehead atoms. The van der Waals surface area contributed by atoms with Gasteiger partial charge in [0.15, 0.2) is 0 Å². The minimum atomic E-state index is -4.93. The zero-order valence-electron chi connectivity index (χ0n) is 15.6. The Labute approximate surface area is 175 Å². The third kappa shape index (κ3) is 5.83. The van der Waals surface area contributed by atoms with E-state index in [0.29, 0.717) is 31.2 Å². The van der Waals surface area contributed by atoms with Crippen molar-refractivity contribution in [3.63, 3.8) is 0 Å². The first-order valence-corrected chi connectivity index (χ1v) is 10.0. The maximum Gasteiger partial charge on any atom is 0.418 e. The van der Waals surface area contributed by atoms with Crippen LogP contribution in [0.5, 0.6) is 0 Å². The predicted molar refractivity (Wildman–Crippen MR) is 99.5 cm³/mol. The van der Waals surface area contributed by atoms with E-state index in [2.05, 4.69) is 20.8 Å². The molecular formula is C17H16F6N5O2S-. The van der Waals surface area contributed by atoms with Crippen molar-refractivity contribution in [3.8, 4) is 11.3 Å². The Morgan fingerprint density at radius 2 is 1.84 bits per heavy atom. The average Bonchev–Trinajstić information content (AvgIpc) is 2.67. The molecule has 170 valence electrons. The first-order chi connectivity index (χ1) is 14.4. The van der Waals surface area contributed by atoms with Crippen LogP contribution >= 0.6 is 0 Å². The number of alkyl halides is 6. The Kier molecular flexibility index (Phi) is 6.71. The monoisotopic (exact) mass is 468 g/mol. The van der Waals surface area contributed by atoms with Gasteiger partial charge in [-0.15, -0.1) is 10.2 Å². The zero-order valence-corrected chi connectivity index (χ0v) is 16.4. The Balaban J connectivity index is 2.07. The van der Waals surface area contributed by atoms with Gasteiger partial charge in [-0.05, 0) is 37.6 Å². The van der Waals surface area contributed by atoms with E-state index in [1.807, 2.05) is 0 Å². The molecule has 1 aliphatic rings. The second-order valence-corrected chi connectivity index (χ2v) is 7.45. The molecule has 2 unspecified atom stereocenters. The number of anilines is 2. The molecule has 0 amide bonds. The third-order valence-corrected chi connectivity index (χ3v) is 4.93. The highest BCUT2D eigenvalue weighted by atomic mass is 32.2. The van der Waals surface area contributed by atoms with E-state index in [1.165, 1.54) is 0 Å². The average molecular weight is 468 g/mol. The zero-order chi connectivity index (χ0) is 22.8. The summed E-state index contributed by atoms with van der Waals surface area (Å²) in [5.41, 5.74) is -4.52. The maximum absolute atomic E-state index is 13.7. The minimum Gasteiger partial charge on any atom is -0.755 e. The van der Waals surface area contributed by atoms with E-state index in [1.54, 1.807) is 4.72 Å². The fraction of sp³-hybridized carbons (Fsp3) is 0.412. The van der Waals surface area contributed by atoms with Crippen LogP contribution in [0.2, 0.25) is 0 Å². The van der Waals surface area contributed by atoms with Gasteiger partial charge in [0.05, 0.1) is 16.8 Å². The third-order valence-electron chi connectivity index (χ3n) is 4.54. The van der Waals surface area contributed by atoms with Crippen molar-refractivity contribution in [1.29, 1.82) is 0 Å². The number of hydrogen-bond acceptors (Lipinski definition) is 6. The van der Waals surface area contributed by atoms with E-state index in [-0.39, 0.29) is 11.9 Å². The second-order valence-electron chi connectivity index (χ2n) is 6.77. The van der Waals surface area contributed by atoms with Crippen molar-refractivity contribution in [2.24, 2.45) is 0 Å². The van der Waals surface area contributed by atoms with Crippen molar-refractivity contribution in [2.75, 3.05) is 23.1 Å². The smallest absolute Gasteiger partial charge is 0.418 e. The van der Waals surface area contributed by atoms with Crippen LogP contribution in [0.1, 0.15) is 24.0 Å². The van der Waals surface area contributed by atoms with Crippen LogP contribution in [0.4, 0.5) is 37.8 Å². The Morgan fingerprint density at radius 1 is 1.10 bits per heavy atom. The van der Waals surface area contributed by atoms with Crippen molar-refractivity contribution in [1.82, 2.24) is 15.5 Å². The lowest BCUT2D eigenvalue weighted by Crippen LogP contribution is -2.38. The molecule has 0 spiro atoms. The molecule has 1 aromatic heterocycles. The highest BCUT2D eigenvalue weighted by Crippen LogP contribution is 2.41. The standard InChI is InChI=1S/C17H17F6N5O2S/c18-16(19,20)9-3-4-11(13(6-9)28-31(29)30)15-12(17(21,22)23)7-14(26-27-15)25-10-2-1-5-24-8-10/h3-4,6-7,10,24,28H,1-2,5,8H2,(H,25,26)(H,29,30)/p-1. The lowest BCUT2D eigenvalue weighted by molar-refractivity contribution is -0.138. The molecular weight excluding hydrogens is 452 g/mol. The predicted octanol–water partition coefficient (Wildman–Crippen LogP) is 3.55. The number of piperidine rings is 1. The molecule has 1 aromatic carbocycles. The van der Waals surface area contributed by atoms with Gasteiger partial charge in [0, 0.05) is 29.4 Å². The van der Waals surface area contributed by atoms with E-state index < -0.39 is 51.7 Å². The summed E-state index contributed by atoms with van der Waals surface area (Å²) in [7, 11) is 0. The minimum absolute atomic E-state index is 0.154. The molecule has 14 heteroatoms. The normalized spacial score (nSPS) is 18.5. The first kappa shape index (κ1) is 23.2. The van der Waals surface area contributed by atoms with Gasteiger partial charge in [-0.1, -0.05) is 6.07 Å². The van der Waals surface area contributed by atoms with E-state index in [4.69, 9.17) is 0 Å². The molecule has 31 heavy (non-hydrogen) atoms. The van der Waals surface area contributed by atoms with Crippen LogP contribution < -0.4 is 15.4 Å². The van der Waals surface area contributed by atoms with E-state index in [9.17, 15) is 35.1 Å². The van der Waals surface area contributed by atoms with Crippen LogP contribution in [0.3, 0.4) is 0 Å². The van der Waals surface area contributed by atoms with Gasteiger partial charge in [-0.2, -0.15) is 26.3 Å². The molecule has 3 rings (SSSR count). The molecule has 1 aliphatic heterocycles. The molecule has 2 aromatic rings. The molecule has 0 radical (unpaired) electrons. The Morgan fingerprint density at radius 3 is 2.42 bits per heavy atom. The highest BCUT2D eigenvalue weighted by molar-refractivity contribution is 7.80. The highest BCUT2D eigenvalue weighted by Gasteiger charge is 2.37. The summed E-state index contributed by atoms with van der Waals surface area (Å²) in [4.78, 5) is 0. The molecule has 1 saturated heterocycles. The number of benzene rings is 1. The number of hydrogen-bond donors (Lipinski definition) is 3. The van der Waals surface area contributed by atoms with Gasteiger partial charge in [0.2, 0.25) is 0 Å². The fourth-order valence-corrected chi connectivity index (χ4v) is 3.51. The van der Waals surface area contributed by atoms with Crippen molar-refractivity contribution in [3.05, 3.63) is 35.4 Å². The summed E-state index contributed by atoms with van der Waals surface area (Å²) in [6.07, 6.45) is -8.23. The second kappa shape index (κ2) is 8.96. The molecule has 1 fully saturated rings. The van der Waals surface area contributed by atoms with Crippen molar-refractivity contribution >= 4 is 22.8 Å². The number of halogens is 6. The van der Waals surface area contributed by atoms with Gasteiger partial charge in [0.25, 0.3) is 0 Å². The van der Waals surface area contributed by atoms with Crippen molar-refractivity contribution < 1.29 is 35.1 Å². The van der Waals surface area contributed by atoms with Gasteiger partial charge >= 0.3 is 12.4 Å². The topological polar surface area (TPSA) is 102 Å². The summed E-state index contributed by atoms with van der Waals surface area (Å²) < 4.78 is 104. The summed E-state index contributed by atoms with van der Waals surface area (Å²) in [5.74, 6) is -0.154. The van der Waals surface area contributed by atoms with Gasteiger partial charge in [-0.3, -0.25) is 4.21 Å². The largest absolute Gasteiger partial charge is 0.755 e. The molecule has 3 N–H and O–H groups in total. The lowest BCUT2D eigenvalue weighted by Gasteiger charge is -2.24. The van der Waals surface area contributed by atoms with Gasteiger partial charge in [0.1, 0.15) is 11.5 Å². The molecule has 7 nitrogen and oxygen atoms in total. The Bertz CT molecular complexity index is 963. The van der Waals surface area contributed by atoms with Crippen molar-refractivity contribution in [2.45, 2.75) is 31.2 Å². The van der Waals surface area contributed by atoms with Crippen LogP contribution in [0.25, 0.3) is 11.3 Å². The number of aromatic nitrogens is 2. The lowest BCUT2D eigenvalue weighted by atomic mass is 10.0. The molecule has 0 aliphatic carbocycles. The van der Waals surface area contributed by atoms with E-state index >= 15 is 0 Å². The SMILES string of the molecule is O=S([O-])Nc1cc(C(F)(F)F)ccc1-c1nnc(NC2CCCNC2)cc1C(F)(F)F. The Hall–Kier alpha value is -2.45. The molecule has 2 atom stereocenters. The van der Waals surface area contributed by atoms with Gasteiger partial charge in [-0.25, -0.2) is 0 Å². The van der Waals surface area contributed by atoms with Crippen LogP contribution in [0, 0.1) is 0 Å². The van der Waals surface area contributed by atoms with E-state index in [0.717, 1.165) is 19.0 Å². The fourth-order valence-electron chi connectivity index (χ4n) is 3.16. The number of rotatable bonds is 5. The maximum atomic E-state index is 13.7. The summed E-state index contributed by atoms with van der Waals surface area (Å²) >= 11 is -3.09.